The minimum atomic E-state index is -0.213. The molecule has 1 aromatic carbocycles. The molecule has 1 aliphatic heterocycles. The van der Waals surface area contributed by atoms with Gasteiger partial charge in [-0.1, -0.05) is 62.7 Å². The topological polar surface area (TPSA) is 44.1 Å². The smallest absolute Gasteiger partial charge is 0.258 e. The van der Waals surface area contributed by atoms with Gasteiger partial charge in [-0.25, -0.2) is 4.98 Å². The lowest BCUT2D eigenvalue weighted by molar-refractivity contribution is -0.0710. The number of ether oxygens (including phenoxy) is 1. The molecule has 1 aromatic heterocycles. The van der Waals surface area contributed by atoms with Crippen molar-refractivity contribution in [1.82, 2.24) is 9.55 Å². The van der Waals surface area contributed by atoms with Gasteiger partial charge in [-0.15, -0.1) is 0 Å². The second-order valence-electron chi connectivity index (χ2n) is 10.5. The lowest BCUT2D eigenvalue weighted by atomic mass is 9.68. The van der Waals surface area contributed by atoms with Crippen molar-refractivity contribution in [2.45, 2.75) is 100 Å². The Labute approximate surface area is 189 Å². The van der Waals surface area contributed by atoms with E-state index in [1.807, 2.05) is 0 Å². The van der Waals surface area contributed by atoms with Crippen LogP contribution in [-0.2, 0) is 16.6 Å². The van der Waals surface area contributed by atoms with Crippen molar-refractivity contribution in [2.75, 3.05) is 6.61 Å². The van der Waals surface area contributed by atoms with E-state index in [9.17, 15) is 4.79 Å². The Hall–Kier alpha value is -1.59. The Bertz CT molecular complexity index is 1050. The maximum absolute atomic E-state index is 14.4. The van der Waals surface area contributed by atoms with E-state index in [0.717, 1.165) is 54.1 Å². The zero-order chi connectivity index (χ0) is 21.8. The van der Waals surface area contributed by atoms with E-state index in [4.69, 9.17) is 9.72 Å². The van der Waals surface area contributed by atoms with E-state index >= 15 is 0 Å². The van der Waals surface area contributed by atoms with E-state index in [0.29, 0.717) is 11.9 Å². The van der Waals surface area contributed by atoms with E-state index < -0.39 is 0 Å². The van der Waals surface area contributed by atoms with Crippen LogP contribution in [0.5, 0.6) is 0 Å². The highest BCUT2D eigenvalue weighted by Gasteiger charge is 2.45. The molecular weight excluding hydrogens is 404 g/mol. The third kappa shape index (κ3) is 3.68. The molecule has 2 fully saturated rings. The molecule has 1 spiro atoms. The Morgan fingerprint density at radius 2 is 1.94 bits per heavy atom. The van der Waals surface area contributed by atoms with Gasteiger partial charge >= 0.3 is 0 Å². The molecule has 3 aliphatic rings. The summed E-state index contributed by atoms with van der Waals surface area (Å²) in [4.78, 5) is 19.6. The molecule has 1 saturated heterocycles. The number of thioether (sulfide) groups is 1. The van der Waals surface area contributed by atoms with Gasteiger partial charge in [0, 0.05) is 28.9 Å². The Morgan fingerprint density at radius 1 is 1.19 bits per heavy atom. The number of benzene rings is 1. The summed E-state index contributed by atoms with van der Waals surface area (Å²) >= 11 is 1.72. The zero-order valence-corrected chi connectivity index (χ0v) is 20.1. The van der Waals surface area contributed by atoms with E-state index in [-0.39, 0.29) is 22.6 Å². The first-order chi connectivity index (χ1) is 14.8. The van der Waals surface area contributed by atoms with Crippen LogP contribution in [0.25, 0.3) is 11.3 Å². The Balaban J connectivity index is 1.76. The van der Waals surface area contributed by atoms with Gasteiger partial charge in [0.1, 0.15) is 0 Å². The van der Waals surface area contributed by atoms with Crippen molar-refractivity contribution in [1.29, 1.82) is 0 Å². The monoisotopic (exact) mass is 438 g/mol. The van der Waals surface area contributed by atoms with E-state index in [1.165, 1.54) is 18.4 Å². The number of fused-ring (bicyclic) bond motifs is 4. The molecule has 1 saturated carbocycles. The van der Waals surface area contributed by atoms with Crippen LogP contribution < -0.4 is 5.56 Å². The highest BCUT2D eigenvalue weighted by atomic mass is 32.2. The summed E-state index contributed by atoms with van der Waals surface area (Å²) in [6.45, 7) is 9.34. The summed E-state index contributed by atoms with van der Waals surface area (Å²) < 4.78 is 8.06. The largest absolute Gasteiger partial charge is 0.375 e. The number of hydrogen-bond donors (Lipinski definition) is 0. The summed E-state index contributed by atoms with van der Waals surface area (Å²) in [5, 5.41) is 1.25. The van der Waals surface area contributed by atoms with Gasteiger partial charge < -0.3 is 4.74 Å². The van der Waals surface area contributed by atoms with Crippen molar-refractivity contribution < 1.29 is 4.74 Å². The molecular formula is C26H34N2O2S. The van der Waals surface area contributed by atoms with Crippen LogP contribution in [0.15, 0.2) is 34.2 Å². The van der Waals surface area contributed by atoms with Crippen LogP contribution in [0.1, 0.15) is 83.4 Å². The standard InChI is InChI=1S/C26H34N2O2S/c1-17(2)31-24-27-22-20-10-6-5-9-18(20)15-26(12-7-8-13-26)21(22)23(29)28(24)19-11-14-30-25(3,4)16-19/h5-6,9-10,17,19H,7-8,11-16H2,1-4H3/t19-/m1/s1. The fourth-order valence-corrected chi connectivity index (χ4v) is 6.97. The van der Waals surface area contributed by atoms with E-state index in [2.05, 4.69) is 56.5 Å². The lowest BCUT2D eigenvalue weighted by Gasteiger charge is -2.40. The van der Waals surface area contributed by atoms with Gasteiger partial charge in [-0.05, 0) is 51.5 Å². The molecule has 0 radical (unpaired) electrons. The van der Waals surface area contributed by atoms with Crippen LogP contribution in [0, 0.1) is 0 Å². The van der Waals surface area contributed by atoms with Gasteiger partial charge in [-0.2, -0.15) is 0 Å². The Morgan fingerprint density at radius 3 is 2.65 bits per heavy atom. The third-order valence-corrected chi connectivity index (χ3v) is 8.32. The predicted molar refractivity (Wildman–Crippen MR) is 127 cm³/mol. The van der Waals surface area contributed by atoms with Gasteiger partial charge in [0.05, 0.1) is 16.9 Å². The van der Waals surface area contributed by atoms with Crippen LogP contribution in [0.2, 0.25) is 0 Å². The summed E-state index contributed by atoms with van der Waals surface area (Å²) in [6.07, 6.45) is 7.30. The molecule has 1 atom stereocenters. The number of nitrogens with zero attached hydrogens (tertiary/aromatic N) is 2. The molecule has 2 heterocycles. The minimum Gasteiger partial charge on any atom is -0.375 e. The predicted octanol–water partition coefficient (Wildman–Crippen LogP) is 5.91. The summed E-state index contributed by atoms with van der Waals surface area (Å²) in [5.41, 5.74) is 4.44. The van der Waals surface area contributed by atoms with Crippen LogP contribution in [-0.4, -0.2) is 27.0 Å². The second-order valence-corrected chi connectivity index (χ2v) is 12.1. The van der Waals surface area contributed by atoms with Gasteiger partial charge in [0.25, 0.3) is 5.56 Å². The number of aromatic nitrogens is 2. The molecule has 166 valence electrons. The fraction of sp³-hybridized carbons (Fsp3) is 0.615. The van der Waals surface area contributed by atoms with Crippen molar-refractivity contribution in [3.05, 3.63) is 45.7 Å². The maximum Gasteiger partial charge on any atom is 0.258 e. The SMILES string of the molecule is CC(C)Sc1nc2c(c(=O)n1[C@@H]1CCOC(C)(C)C1)C1(CCCC1)Cc1ccccc1-2. The first kappa shape index (κ1) is 21.3. The van der Waals surface area contributed by atoms with Gasteiger partial charge in [-0.3, -0.25) is 9.36 Å². The summed E-state index contributed by atoms with van der Waals surface area (Å²) in [5.74, 6) is 0. The molecule has 5 rings (SSSR count). The molecule has 5 heteroatoms. The molecule has 0 unspecified atom stereocenters. The summed E-state index contributed by atoms with van der Waals surface area (Å²) in [6, 6.07) is 8.75. The van der Waals surface area contributed by atoms with Crippen LogP contribution in [0.4, 0.5) is 0 Å². The van der Waals surface area contributed by atoms with Gasteiger partial charge in [0.2, 0.25) is 0 Å². The van der Waals surface area contributed by atoms with Crippen LogP contribution in [0.3, 0.4) is 0 Å². The van der Waals surface area contributed by atoms with Gasteiger partial charge in [0.15, 0.2) is 5.16 Å². The normalized spacial score (nSPS) is 23.7. The molecule has 4 nitrogen and oxygen atoms in total. The molecule has 31 heavy (non-hydrogen) atoms. The van der Waals surface area contributed by atoms with E-state index in [1.54, 1.807) is 11.8 Å². The maximum atomic E-state index is 14.4. The summed E-state index contributed by atoms with van der Waals surface area (Å²) in [7, 11) is 0. The first-order valence-electron chi connectivity index (χ1n) is 11.9. The molecule has 0 amide bonds. The lowest BCUT2D eigenvalue weighted by Crippen LogP contribution is -2.44. The first-order valence-corrected chi connectivity index (χ1v) is 12.7. The average molecular weight is 439 g/mol. The number of rotatable bonds is 3. The molecule has 0 bridgehead atoms. The third-order valence-electron chi connectivity index (χ3n) is 7.35. The fourth-order valence-electron chi connectivity index (χ4n) is 6.06. The minimum absolute atomic E-state index is 0.0444. The van der Waals surface area contributed by atoms with Crippen LogP contribution >= 0.6 is 11.8 Å². The molecule has 2 aromatic rings. The quantitative estimate of drug-likeness (QED) is 0.441. The highest BCUT2D eigenvalue weighted by molar-refractivity contribution is 7.99. The van der Waals surface area contributed by atoms with Crippen molar-refractivity contribution in [3.63, 3.8) is 0 Å². The second kappa shape index (κ2) is 7.77. The zero-order valence-electron chi connectivity index (χ0n) is 19.2. The van der Waals surface area contributed by atoms with Crippen molar-refractivity contribution >= 4 is 11.8 Å². The van der Waals surface area contributed by atoms with Crippen molar-refractivity contribution in [3.8, 4) is 11.3 Å². The average Bonchev–Trinajstić information content (AvgIpc) is 3.15. The number of hydrogen-bond acceptors (Lipinski definition) is 4. The molecule has 0 N–H and O–H groups in total. The Kier molecular flexibility index (Phi) is 5.33. The highest BCUT2D eigenvalue weighted by Crippen LogP contribution is 2.50. The van der Waals surface area contributed by atoms with Crippen molar-refractivity contribution in [2.24, 2.45) is 0 Å². The molecule has 2 aliphatic carbocycles.